The zero-order valence-corrected chi connectivity index (χ0v) is 5.66. The third kappa shape index (κ3) is 2.82. The van der Waals surface area contributed by atoms with Crippen LogP contribution in [-0.4, -0.2) is 30.9 Å². The summed E-state index contributed by atoms with van der Waals surface area (Å²) < 4.78 is 0. The second kappa shape index (κ2) is 4.26. The predicted octanol–water partition coefficient (Wildman–Crippen LogP) is 0.509. The van der Waals surface area contributed by atoms with Crippen molar-refractivity contribution in [3.8, 4) is 0 Å². The average molecular weight is 209 g/mol. The van der Waals surface area contributed by atoms with Crippen LogP contribution in [0, 0.1) is 6.92 Å². The Morgan fingerprint density at radius 2 is 2.09 bits per heavy atom. The number of hydrogen-bond donors (Lipinski definition) is 1. The number of aryl methyl sites for hydroxylation is 1. The Kier molecular flexibility index (Phi) is 3.99. The molecule has 0 aromatic heterocycles. The van der Waals surface area contributed by atoms with Crippen LogP contribution in [0.2, 0.25) is 0 Å². The molecule has 0 saturated heterocycles. The van der Waals surface area contributed by atoms with Gasteiger partial charge in [-0.1, -0.05) is 17.7 Å². The van der Waals surface area contributed by atoms with E-state index in [0.29, 0.717) is 5.56 Å². The fourth-order valence-electron chi connectivity index (χ4n) is 0.778. The van der Waals surface area contributed by atoms with E-state index >= 15 is 0 Å². The number of hydrogen-bond acceptors (Lipinski definition) is 1. The molecule has 2 nitrogen and oxygen atoms in total. The quantitative estimate of drug-likeness (QED) is 0.684. The van der Waals surface area contributed by atoms with Crippen molar-refractivity contribution in [3.05, 3.63) is 35.4 Å². The van der Waals surface area contributed by atoms with Gasteiger partial charge in [0.1, 0.15) is 0 Å². The van der Waals surface area contributed by atoms with E-state index in [9.17, 15) is 4.79 Å². The van der Waals surface area contributed by atoms with E-state index in [1.54, 1.807) is 18.2 Å². The van der Waals surface area contributed by atoms with Gasteiger partial charge in [0.25, 0.3) is 0 Å². The van der Waals surface area contributed by atoms with Gasteiger partial charge in [0.05, 0.1) is 5.56 Å². The zero-order valence-electron chi connectivity index (χ0n) is 5.66. The number of rotatable bonds is 1. The standard InChI is InChI=1S/C8H8O2.Ga.3H/c1-6-3-2-4-7(5-6)8(9)10;;;;/h2-5H,1H3,(H,9,10);;;;. The molecule has 0 spiro atoms. The Morgan fingerprint density at radius 3 is 2.45 bits per heavy atom. The molecule has 0 heterocycles. The summed E-state index contributed by atoms with van der Waals surface area (Å²) in [5.74, 6) is -0.872. The van der Waals surface area contributed by atoms with Crippen LogP contribution in [0.3, 0.4) is 0 Å². The van der Waals surface area contributed by atoms with Crippen molar-refractivity contribution in [1.29, 1.82) is 0 Å². The van der Waals surface area contributed by atoms with Gasteiger partial charge >= 0.3 is 25.8 Å². The van der Waals surface area contributed by atoms with E-state index in [4.69, 9.17) is 5.11 Å². The van der Waals surface area contributed by atoms with Crippen LogP contribution in [0.15, 0.2) is 24.3 Å². The molecule has 58 valence electrons. The molecule has 1 aromatic rings. The number of aromatic carboxylic acids is 1. The third-order valence-corrected chi connectivity index (χ3v) is 1.27. The van der Waals surface area contributed by atoms with Crippen molar-refractivity contribution in [3.63, 3.8) is 0 Å². The first kappa shape index (κ1) is 10.3. The molecule has 0 aliphatic carbocycles. The van der Waals surface area contributed by atoms with E-state index in [1.165, 1.54) is 0 Å². The van der Waals surface area contributed by atoms with Crippen LogP contribution < -0.4 is 0 Å². The molecule has 0 radical (unpaired) electrons. The summed E-state index contributed by atoms with van der Waals surface area (Å²) in [7, 11) is 0. The van der Waals surface area contributed by atoms with Crippen LogP contribution in [0.1, 0.15) is 15.9 Å². The van der Waals surface area contributed by atoms with Gasteiger partial charge in [-0.2, -0.15) is 0 Å². The van der Waals surface area contributed by atoms with Crippen molar-refractivity contribution < 1.29 is 9.90 Å². The van der Waals surface area contributed by atoms with E-state index < -0.39 is 5.97 Å². The molecule has 3 heteroatoms. The third-order valence-electron chi connectivity index (χ3n) is 1.27. The molecular weight excluding hydrogens is 198 g/mol. The normalized spacial score (nSPS) is 8.45. The van der Waals surface area contributed by atoms with Gasteiger partial charge in [0, 0.05) is 0 Å². The van der Waals surface area contributed by atoms with Crippen LogP contribution in [0.5, 0.6) is 0 Å². The van der Waals surface area contributed by atoms with Crippen molar-refractivity contribution in [1.82, 2.24) is 0 Å². The van der Waals surface area contributed by atoms with E-state index in [0.717, 1.165) is 5.56 Å². The topological polar surface area (TPSA) is 37.3 Å². The second-order valence-corrected chi connectivity index (χ2v) is 2.17. The van der Waals surface area contributed by atoms with Gasteiger partial charge in [-0.25, -0.2) is 4.79 Å². The number of benzene rings is 1. The molecule has 0 saturated carbocycles. The first-order chi connectivity index (χ1) is 4.70. The summed E-state index contributed by atoms with van der Waals surface area (Å²) in [5, 5.41) is 8.51. The molecular formula is C8H11GaO2. The first-order valence-electron chi connectivity index (χ1n) is 3.00. The van der Waals surface area contributed by atoms with Gasteiger partial charge in [-0.3, -0.25) is 0 Å². The Balaban J connectivity index is 0.000001000. The van der Waals surface area contributed by atoms with Gasteiger partial charge in [0.15, 0.2) is 0 Å². The van der Waals surface area contributed by atoms with Crippen LogP contribution in [0.25, 0.3) is 0 Å². The predicted molar refractivity (Wildman–Crippen MR) is 48.1 cm³/mol. The molecule has 0 atom stereocenters. The molecule has 0 bridgehead atoms. The van der Waals surface area contributed by atoms with Gasteiger partial charge < -0.3 is 5.11 Å². The SMILES string of the molecule is Cc1cccc(C(=O)O)c1.[GaH3]. The molecule has 1 N–H and O–H groups in total. The fraction of sp³-hybridized carbons (Fsp3) is 0.125. The minimum absolute atomic E-state index is 0. The molecule has 0 unspecified atom stereocenters. The first-order valence-corrected chi connectivity index (χ1v) is 3.00. The molecule has 1 rings (SSSR count). The molecule has 1 aromatic carbocycles. The van der Waals surface area contributed by atoms with Crippen LogP contribution in [-0.2, 0) is 0 Å². The monoisotopic (exact) mass is 208 g/mol. The summed E-state index contributed by atoms with van der Waals surface area (Å²) in [6, 6.07) is 6.82. The van der Waals surface area contributed by atoms with Crippen molar-refractivity contribution in [2.45, 2.75) is 6.92 Å². The van der Waals surface area contributed by atoms with E-state index in [-0.39, 0.29) is 19.8 Å². The molecule has 0 fully saturated rings. The van der Waals surface area contributed by atoms with Crippen LogP contribution >= 0.6 is 0 Å². The second-order valence-electron chi connectivity index (χ2n) is 2.17. The Labute approximate surface area is 78.3 Å². The zero-order chi connectivity index (χ0) is 7.56. The van der Waals surface area contributed by atoms with Gasteiger partial charge in [-0.15, -0.1) is 0 Å². The van der Waals surface area contributed by atoms with Gasteiger partial charge in [-0.05, 0) is 19.1 Å². The Morgan fingerprint density at radius 1 is 1.45 bits per heavy atom. The summed E-state index contributed by atoms with van der Waals surface area (Å²) in [5.41, 5.74) is 1.32. The maximum atomic E-state index is 10.4. The molecule has 11 heavy (non-hydrogen) atoms. The molecule has 0 aliphatic rings. The fourth-order valence-corrected chi connectivity index (χ4v) is 0.778. The molecule has 0 aliphatic heterocycles. The van der Waals surface area contributed by atoms with Crippen LogP contribution in [0.4, 0.5) is 0 Å². The van der Waals surface area contributed by atoms with Crippen molar-refractivity contribution in [2.24, 2.45) is 0 Å². The number of carbonyl (C=O) groups is 1. The van der Waals surface area contributed by atoms with Crippen molar-refractivity contribution in [2.75, 3.05) is 0 Å². The summed E-state index contributed by atoms with van der Waals surface area (Å²) >= 11 is 0. The van der Waals surface area contributed by atoms with E-state index in [1.807, 2.05) is 13.0 Å². The summed E-state index contributed by atoms with van der Waals surface area (Å²) in [6.07, 6.45) is 0. The van der Waals surface area contributed by atoms with E-state index in [2.05, 4.69) is 0 Å². The molecule has 0 amide bonds. The minimum atomic E-state index is -0.872. The Bertz CT molecular complexity index is 258. The Hall–Kier alpha value is -0.674. The van der Waals surface area contributed by atoms with Crippen molar-refractivity contribution >= 4 is 25.8 Å². The summed E-state index contributed by atoms with van der Waals surface area (Å²) in [6.45, 7) is 1.87. The maximum absolute atomic E-state index is 10.4. The van der Waals surface area contributed by atoms with Gasteiger partial charge in [0.2, 0.25) is 0 Å². The average Bonchev–Trinajstić information content (AvgIpc) is 1.88. The number of carboxylic acid groups (broad SMARTS) is 1. The summed E-state index contributed by atoms with van der Waals surface area (Å²) in [4.78, 5) is 10.4. The number of carboxylic acids is 1.